The van der Waals surface area contributed by atoms with E-state index in [1.54, 1.807) is 42.5 Å². The first-order valence-corrected chi connectivity index (χ1v) is 10.5. The summed E-state index contributed by atoms with van der Waals surface area (Å²) in [5.41, 5.74) is 1.53. The Balaban J connectivity index is 1.82. The minimum absolute atomic E-state index is 0.0658. The number of hydrogen-bond acceptors (Lipinski definition) is 7. The summed E-state index contributed by atoms with van der Waals surface area (Å²) < 4.78 is 27.7. The van der Waals surface area contributed by atoms with Gasteiger partial charge in [0.15, 0.2) is 10.9 Å². The third-order valence-electron chi connectivity index (χ3n) is 3.47. The Morgan fingerprint density at radius 2 is 1.96 bits per heavy atom. The molecule has 2 aromatic heterocycles. The SMILES string of the molecule is CC(=O)SCC(=O)c1ccc(N(c2ccc(-c3ccon3)s2)S(=O)O)cc1. The number of nitrogens with zero attached hydrogens (tertiary/aromatic N) is 2. The standard InChI is InChI=1S/C17H14N2O5S3/c1-11(20)25-10-15(21)12-2-4-13(5-3-12)19(27(22)23)17-7-6-16(26-17)14-8-9-24-18-14/h2-9H,10H2,1H3,(H,22,23). The van der Waals surface area contributed by atoms with E-state index in [1.165, 1.54) is 28.8 Å². The molecule has 0 radical (unpaired) electrons. The zero-order valence-electron chi connectivity index (χ0n) is 14.0. The summed E-state index contributed by atoms with van der Waals surface area (Å²) in [6.45, 7) is 1.41. The summed E-state index contributed by atoms with van der Waals surface area (Å²) in [5.74, 6) is -0.112. The van der Waals surface area contributed by atoms with Gasteiger partial charge >= 0.3 is 0 Å². The summed E-state index contributed by atoms with van der Waals surface area (Å²) in [5, 5.41) is 4.27. The molecule has 140 valence electrons. The van der Waals surface area contributed by atoms with Crippen molar-refractivity contribution in [2.75, 3.05) is 10.1 Å². The van der Waals surface area contributed by atoms with Crippen molar-refractivity contribution in [3.63, 3.8) is 0 Å². The van der Waals surface area contributed by atoms with Crippen LogP contribution in [-0.4, -0.2) is 30.6 Å². The third-order valence-corrected chi connectivity index (χ3v) is 6.21. The Kier molecular flexibility index (Phi) is 6.22. The van der Waals surface area contributed by atoms with Crippen molar-refractivity contribution in [2.45, 2.75) is 6.92 Å². The van der Waals surface area contributed by atoms with Crippen LogP contribution in [-0.2, 0) is 16.1 Å². The second kappa shape index (κ2) is 8.61. The van der Waals surface area contributed by atoms with E-state index in [-0.39, 0.29) is 16.7 Å². The van der Waals surface area contributed by atoms with Crippen molar-refractivity contribution < 1.29 is 22.9 Å². The number of benzene rings is 1. The van der Waals surface area contributed by atoms with Crippen LogP contribution in [0.3, 0.4) is 0 Å². The van der Waals surface area contributed by atoms with Gasteiger partial charge in [0.25, 0.3) is 11.3 Å². The van der Waals surface area contributed by atoms with Crippen LogP contribution in [0.5, 0.6) is 0 Å². The lowest BCUT2D eigenvalue weighted by Crippen LogP contribution is -2.18. The molecule has 1 N–H and O–H groups in total. The van der Waals surface area contributed by atoms with Gasteiger partial charge < -0.3 is 4.52 Å². The monoisotopic (exact) mass is 422 g/mol. The number of carbonyl (C=O) groups is 2. The first-order chi connectivity index (χ1) is 13.0. The summed E-state index contributed by atoms with van der Waals surface area (Å²) in [6.07, 6.45) is 1.46. The minimum Gasteiger partial charge on any atom is -0.364 e. The highest BCUT2D eigenvalue weighted by Crippen LogP contribution is 2.37. The van der Waals surface area contributed by atoms with Crippen molar-refractivity contribution in [3.05, 3.63) is 54.3 Å². The van der Waals surface area contributed by atoms with Gasteiger partial charge in [-0.05, 0) is 36.4 Å². The number of aromatic nitrogens is 1. The number of rotatable bonds is 7. The molecule has 10 heteroatoms. The van der Waals surface area contributed by atoms with Crippen LogP contribution in [0.25, 0.3) is 10.6 Å². The molecular weight excluding hydrogens is 408 g/mol. The van der Waals surface area contributed by atoms with E-state index in [9.17, 15) is 18.4 Å². The van der Waals surface area contributed by atoms with Crippen molar-refractivity contribution in [1.29, 1.82) is 0 Å². The van der Waals surface area contributed by atoms with E-state index in [2.05, 4.69) is 5.16 Å². The number of hydrogen-bond donors (Lipinski definition) is 1. The summed E-state index contributed by atoms with van der Waals surface area (Å²) in [6, 6.07) is 11.5. The second-order valence-electron chi connectivity index (χ2n) is 5.30. The highest BCUT2D eigenvalue weighted by molar-refractivity contribution is 8.14. The number of carbonyl (C=O) groups excluding carboxylic acids is 2. The number of anilines is 2. The summed E-state index contributed by atoms with van der Waals surface area (Å²) >= 11 is -0.0647. The van der Waals surface area contributed by atoms with Gasteiger partial charge in [-0.2, -0.15) is 0 Å². The predicted octanol–water partition coefficient (Wildman–Crippen LogP) is 4.14. The Hall–Kier alpha value is -2.27. The second-order valence-corrected chi connectivity index (χ2v) is 8.34. The molecule has 0 amide bonds. The summed E-state index contributed by atoms with van der Waals surface area (Å²) in [4.78, 5) is 23.8. The Morgan fingerprint density at radius 3 is 2.56 bits per heavy atom. The average Bonchev–Trinajstić information content (AvgIpc) is 3.31. The molecule has 0 aliphatic carbocycles. The average molecular weight is 423 g/mol. The molecule has 27 heavy (non-hydrogen) atoms. The maximum absolute atomic E-state index is 12.1. The zero-order valence-corrected chi connectivity index (χ0v) is 16.5. The van der Waals surface area contributed by atoms with Crippen LogP contribution in [0, 0.1) is 0 Å². The van der Waals surface area contributed by atoms with Gasteiger partial charge in [0.2, 0.25) is 0 Å². The number of Topliss-reactive ketones (excluding diaryl/α,β-unsaturated/α-hetero) is 1. The molecule has 0 aliphatic heterocycles. The largest absolute Gasteiger partial charge is 0.364 e. The molecule has 3 rings (SSSR count). The molecule has 1 atom stereocenters. The van der Waals surface area contributed by atoms with Crippen LogP contribution < -0.4 is 4.31 Å². The maximum Gasteiger partial charge on any atom is 0.267 e. The van der Waals surface area contributed by atoms with Gasteiger partial charge in [0.05, 0.1) is 16.3 Å². The molecule has 1 unspecified atom stereocenters. The van der Waals surface area contributed by atoms with Gasteiger partial charge in [-0.15, -0.1) is 11.3 Å². The van der Waals surface area contributed by atoms with Gasteiger partial charge in [-0.1, -0.05) is 16.9 Å². The van der Waals surface area contributed by atoms with E-state index in [4.69, 9.17) is 4.52 Å². The van der Waals surface area contributed by atoms with Gasteiger partial charge in [0.1, 0.15) is 17.0 Å². The molecule has 0 aliphatic rings. The Morgan fingerprint density at radius 1 is 1.22 bits per heavy atom. The minimum atomic E-state index is -2.30. The Labute approximate surface area is 165 Å². The normalized spacial score (nSPS) is 11.9. The lowest BCUT2D eigenvalue weighted by Gasteiger charge is -2.18. The number of ketones is 1. The first-order valence-electron chi connectivity index (χ1n) is 7.64. The molecule has 0 saturated carbocycles. The van der Waals surface area contributed by atoms with Gasteiger partial charge in [0, 0.05) is 18.6 Å². The van der Waals surface area contributed by atoms with E-state index in [0.29, 0.717) is 21.9 Å². The van der Waals surface area contributed by atoms with Crippen molar-refractivity contribution >= 4 is 56.0 Å². The fourth-order valence-corrected chi connectivity index (χ4v) is 4.46. The van der Waals surface area contributed by atoms with Crippen LogP contribution in [0.15, 0.2) is 53.3 Å². The molecule has 3 aromatic rings. The molecule has 0 saturated heterocycles. The lowest BCUT2D eigenvalue weighted by molar-refractivity contribution is -0.109. The molecule has 0 fully saturated rings. The van der Waals surface area contributed by atoms with Gasteiger partial charge in [-0.25, -0.2) is 8.51 Å². The lowest BCUT2D eigenvalue weighted by atomic mass is 10.1. The van der Waals surface area contributed by atoms with E-state index in [0.717, 1.165) is 16.6 Å². The number of thiophene rings is 1. The smallest absolute Gasteiger partial charge is 0.267 e. The Bertz CT molecular complexity index is 967. The van der Waals surface area contributed by atoms with E-state index < -0.39 is 11.3 Å². The third kappa shape index (κ3) is 4.72. The molecule has 2 heterocycles. The first kappa shape index (κ1) is 19.5. The van der Waals surface area contributed by atoms with E-state index in [1.807, 2.05) is 0 Å². The maximum atomic E-state index is 12.1. The quantitative estimate of drug-likeness (QED) is 0.451. The van der Waals surface area contributed by atoms with Crippen LogP contribution in [0.2, 0.25) is 0 Å². The van der Waals surface area contributed by atoms with Crippen LogP contribution in [0.4, 0.5) is 10.7 Å². The topological polar surface area (TPSA) is 101 Å². The fraction of sp³-hybridized carbons (Fsp3) is 0.118. The van der Waals surface area contributed by atoms with Crippen molar-refractivity contribution in [2.24, 2.45) is 0 Å². The molecule has 0 spiro atoms. The van der Waals surface area contributed by atoms with Crippen molar-refractivity contribution in [3.8, 4) is 10.6 Å². The highest BCUT2D eigenvalue weighted by atomic mass is 32.2. The fourth-order valence-electron chi connectivity index (χ4n) is 2.24. The molecule has 7 nitrogen and oxygen atoms in total. The van der Waals surface area contributed by atoms with Crippen LogP contribution in [0.1, 0.15) is 17.3 Å². The molecular formula is C17H14N2O5S3. The molecule has 1 aromatic carbocycles. The summed E-state index contributed by atoms with van der Waals surface area (Å²) in [7, 11) is 0. The van der Waals surface area contributed by atoms with Gasteiger partial charge in [-0.3, -0.25) is 14.1 Å². The molecule has 0 bridgehead atoms. The van der Waals surface area contributed by atoms with Crippen molar-refractivity contribution in [1.82, 2.24) is 5.16 Å². The van der Waals surface area contributed by atoms with E-state index >= 15 is 0 Å². The highest BCUT2D eigenvalue weighted by Gasteiger charge is 2.19. The predicted molar refractivity (Wildman–Crippen MR) is 107 cm³/mol. The number of thioether (sulfide) groups is 1. The van der Waals surface area contributed by atoms with Crippen LogP contribution >= 0.6 is 23.1 Å². The zero-order chi connectivity index (χ0) is 19.4.